The van der Waals surface area contributed by atoms with Crippen LogP contribution in [0.2, 0.25) is 0 Å². The molecular weight excluding hydrogens is 440 g/mol. The van der Waals surface area contributed by atoms with Crippen LogP contribution in [0.15, 0.2) is 16.6 Å². The van der Waals surface area contributed by atoms with E-state index in [0.717, 1.165) is 39.8 Å². The average molecular weight is 463 g/mol. The number of hydrogen-bond donors (Lipinski definition) is 1. The van der Waals surface area contributed by atoms with Crippen molar-refractivity contribution in [3.05, 3.63) is 27.7 Å². The van der Waals surface area contributed by atoms with Gasteiger partial charge in [0.1, 0.15) is 6.54 Å². The van der Waals surface area contributed by atoms with Crippen molar-refractivity contribution in [3.63, 3.8) is 0 Å². The maximum Gasteiger partial charge on any atom is 0.326 e. The van der Waals surface area contributed by atoms with E-state index in [4.69, 9.17) is 4.74 Å². The predicted molar refractivity (Wildman–Crippen MR) is 108 cm³/mol. The van der Waals surface area contributed by atoms with Crippen LogP contribution < -0.4 is 5.32 Å². The number of esters is 1. The molecule has 3 aliphatic rings. The number of nitrogens with zero attached hydrogens (tertiary/aromatic N) is 1. The number of carbonyl (C=O) groups excluding carboxylic acids is 4. The normalized spacial score (nSPS) is 27.3. The summed E-state index contributed by atoms with van der Waals surface area (Å²) in [4.78, 5) is 50.5. The summed E-state index contributed by atoms with van der Waals surface area (Å²) in [7, 11) is 0. The van der Waals surface area contributed by atoms with Crippen molar-refractivity contribution >= 4 is 45.3 Å². The molecule has 0 spiro atoms. The highest BCUT2D eigenvalue weighted by Crippen LogP contribution is 2.56. The molecule has 154 valence electrons. The number of ether oxygens (including phenoxy) is 1. The molecule has 4 atom stereocenters. The molecule has 8 heteroatoms. The maximum atomic E-state index is 12.6. The van der Waals surface area contributed by atoms with Crippen molar-refractivity contribution in [1.29, 1.82) is 0 Å². The Labute approximate surface area is 177 Å². The lowest BCUT2D eigenvalue weighted by Gasteiger charge is -2.19. The standard InChI is InChI=1S/C21H23BrN2O5/c1-10-5-14(6-11(2)19(10)22)23-15(25)9-29-16(26)8-24-20(27)17-12-3-4-13(7-12)18(17)21(24)28/h5-6,12-13,17-18H,3-4,7-9H2,1-2H3,(H,23,25)/t12-,13-,17+,18+/m0/s1. The van der Waals surface area contributed by atoms with Gasteiger partial charge in [-0.3, -0.25) is 24.1 Å². The highest BCUT2D eigenvalue weighted by atomic mass is 79.9. The molecule has 0 aromatic heterocycles. The Bertz CT molecular complexity index is 863. The molecule has 3 fully saturated rings. The van der Waals surface area contributed by atoms with E-state index in [1.807, 2.05) is 26.0 Å². The average Bonchev–Trinajstić information content (AvgIpc) is 3.34. The number of aryl methyl sites for hydroxylation is 2. The lowest BCUT2D eigenvalue weighted by molar-refractivity contribution is -0.154. The van der Waals surface area contributed by atoms with E-state index in [-0.39, 0.29) is 35.5 Å². The number of halogens is 1. The lowest BCUT2D eigenvalue weighted by atomic mass is 9.81. The minimum Gasteiger partial charge on any atom is -0.454 e. The van der Waals surface area contributed by atoms with Crippen LogP contribution in [-0.2, 0) is 23.9 Å². The van der Waals surface area contributed by atoms with Gasteiger partial charge in [-0.1, -0.05) is 15.9 Å². The fourth-order valence-electron chi connectivity index (χ4n) is 5.16. The number of amides is 3. The van der Waals surface area contributed by atoms with Gasteiger partial charge in [0.05, 0.1) is 11.8 Å². The molecule has 1 aromatic carbocycles. The number of anilines is 1. The van der Waals surface area contributed by atoms with Crippen molar-refractivity contribution in [2.75, 3.05) is 18.5 Å². The summed E-state index contributed by atoms with van der Waals surface area (Å²) in [6.07, 6.45) is 2.91. The van der Waals surface area contributed by atoms with Gasteiger partial charge in [-0.25, -0.2) is 0 Å². The molecule has 2 saturated carbocycles. The fourth-order valence-corrected chi connectivity index (χ4v) is 5.39. The van der Waals surface area contributed by atoms with Crippen molar-refractivity contribution < 1.29 is 23.9 Å². The summed E-state index contributed by atoms with van der Waals surface area (Å²) in [6, 6.07) is 3.62. The van der Waals surface area contributed by atoms with Crippen LogP contribution in [0.3, 0.4) is 0 Å². The van der Waals surface area contributed by atoms with Gasteiger partial charge < -0.3 is 10.1 Å². The van der Waals surface area contributed by atoms with Gasteiger partial charge in [-0.15, -0.1) is 0 Å². The van der Waals surface area contributed by atoms with Gasteiger partial charge >= 0.3 is 5.97 Å². The van der Waals surface area contributed by atoms with Crippen LogP contribution in [0.1, 0.15) is 30.4 Å². The van der Waals surface area contributed by atoms with E-state index in [1.54, 1.807) is 0 Å². The first kappa shape index (κ1) is 20.1. The summed E-state index contributed by atoms with van der Waals surface area (Å²) < 4.78 is 5.98. The molecule has 4 rings (SSSR count). The Hall–Kier alpha value is -2.22. The number of nitrogens with one attached hydrogen (secondary N) is 1. The minimum absolute atomic E-state index is 0.255. The number of fused-ring (bicyclic) bond motifs is 5. The largest absolute Gasteiger partial charge is 0.454 e. The highest BCUT2D eigenvalue weighted by molar-refractivity contribution is 9.10. The van der Waals surface area contributed by atoms with Crippen LogP contribution in [0.25, 0.3) is 0 Å². The molecule has 2 aliphatic carbocycles. The van der Waals surface area contributed by atoms with Gasteiger partial charge in [0.2, 0.25) is 11.8 Å². The molecule has 7 nitrogen and oxygen atoms in total. The van der Waals surface area contributed by atoms with Gasteiger partial charge in [-0.05, 0) is 68.2 Å². The molecule has 1 N–H and O–H groups in total. The Balaban J connectivity index is 1.30. The molecule has 1 heterocycles. The highest BCUT2D eigenvalue weighted by Gasteiger charge is 2.61. The zero-order valence-corrected chi connectivity index (χ0v) is 18.0. The van der Waals surface area contributed by atoms with Gasteiger partial charge in [-0.2, -0.15) is 0 Å². The molecule has 1 aromatic rings. The van der Waals surface area contributed by atoms with E-state index < -0.39 is 25.0 Å². The topological polar surface area (TPSA) is 92.8 Å². The molecule has 3 amide bonds. The second kappa shape index (κ2) is 7.55. The second-order valence-electron chi connectivity index (χ2n) is 8.28. The molecular formula is C21H23BrN2O5. The van der Waals surface area contributed by atoms with Crippen LogP contribution in [0, 0.1) is 37.5 Å². The number of hydrogen-bond acceptors (Lipinski definition) is 5. The SMILES string of the molecule is Cc1cc(NC(=O)COC(=O)CN2C(=O)[C@@H]3[C@H]4CC[C@@H](C4)[C@H]3C2=O)cc(C)c1Br. The monoisotopic (exact) mass is 462 g/mol. The number of benzene rings is 1. The van der Waals surface area contributed by atoms with Gasteiger partial charge in [0.25, 0.3) is 5.91 Å². The first-order valence-corrected chi connectivity index (χ1v) is 10.6. The van der Waals surface area contributed by atoms with Crippen molar-refractivity contribution in [2.24, 2.45) is 23.7 Å². The quantitative estimate of drug-likeness (QED) is 0.536. The van der Waals surface area contributed by atoms with Gasteiger partial charge in [0.15, 0.2) is 6.61 Å². The van der Waals surface area contributed by atoms with E-state index in [2.05, 4.69) is 21.2 Å². The second-order valence-corrected chi connectivity index (χ2v) is 9.07. The first-order chi connectivity index (χ1) is 13.8. The fraction of sp³-hybridized carbons (Fsp3) is 0.524. The molecule has 1 aliphatic heterocycles. The van der Waals surface area contributed by atoms with Crippen LogP contribution in [0.5, 0.6) is 0 Å². The number of rotatable bonds is 5. The summed E-state index contributed by atoms with van der Waals surface area (Å²) in [6.45, 7) is 2.94. The molecule has 1 saturated heterocycles. The Morgan fingerprint density at radius 3 is 2.21 bits per heavy atom. The van der Waals surface area contributed by atoms with Crippen LogP contribution in [0.4, 0.5) is 5.69 Å². The Morgan fingerprint density at radius 2 is 1.66 bits per heavy atom. The van der Waals surface area contributed by atoms with Gasteiger partial charge in [0, 0.05) is 10.2 Å². The summed E-state index contributed by atoms with van der Waals surface area (Å²) >= 11 is 3.47. The smallest absolute Gasteiger partial charge is 0.326 e. The summed E-state index contributed by atoms with van der Waals surface area (Å²) in [5, 5.41) is 2.69. The van der Waals surface area contributed by atoms with E-state index in [9.17, 15) is 19.2 Å². The number of carbonyl (C=O) groups is 4. The van der Waals surface area contributed by atoms with Crippen LogP contribution in [-0.4, -0.2) is 41.7 Å². The minimum atomic E-state index is -0.752. The predicted octanol–water partition coefficient (Wildman–Crippen LogP) is 2.58. The summed E-state index contributed by atoms with van der Waals surface area (Å²) in [5.41, 5.74) is 2.56. The zero-order valence-electron chi connectivity index (χ0n) is 16.4. The summed E-state index contributed by atoms with van der Waals surface area (Å²) in [5.74, 6) is -1.73. The van der Waals surface area contributed by atoms with Crippen molar-refractivity contribution in [3.8, 4) is 0 Å². The number of likely N-dealkylation sites (tertiary alicyclic amines) is 1. The van der Waals surface area contributed by atoms with Crippen LogP contribution >= 0.6 is 15.9 Å². The number of imide groups is 1. The third kappa shape index (κ3) is 3.58. The molecule has 2 bridgehead atoms. The van der Waals surface area contributed by atoms with E-state index in [0.29, 0.717) is 5.69 Å². The molecule has 29 heavy (non-hydrogen) atoms. The third-order valence-corrected chi connectivity index (χ3v) is 7.64. The Morgan fingerprint density at radius 1 is 1.10 bits per heavy atom. The first-order valence-electron chi connectivity index (χ1n) is 9.83. The lowest BCUT2D eigenvalue weighted by Crippen LogP contribution is -2.38. The van der Waals surface area contributed by atoms with E-state index >= 15 is 0 Å². The zero-order chi connectivity index (χ0) is 20.9. The van der Waals surface area contributed by atoms with Crippen molar-refractivity contribution in [2.45, 2.75) is 33.1 Å². The third-order valence-electron chi connectivity index (χ3n) is 6.39. The molecule has 0 unspecified atom stereocenters. The van der Waals surface area contributed by atoms with E-state index in [1.165, 1.54) is 0 Å². The molecule has 0 radical (unpaired) electrons. The van der Waals surface area contributed by atoms with Crippen molar-refractivity contribution in [1.82, 2.24) is 4.90 Å². The maximum absolute atomic E-state index is 12.6. The Kier molecular flexibility index (Phi) is 5.23.